The number of ether oxygens (including phenoxy) is 4. The minimum atomic E-state index is -0.687. The summed E-state index contributed by atoms with van der Waals surface area (Å²) in [6.45, 7) is 1.19. The topological polar surface area (TPSA) is 77.5 Å². The first kappa shape index (κ1) is 19.4. The normalized spacial score (nSPS) is 31.3. The lowest BCUT2D eigenvalue weighted by Gasteiger charge is -2.49. The van der Waals surface area contributed by atoms with E-state index in [0.717, 1.165) is 5.56 Å². The van der Waals surface area contributed by atoms with Crippen molar-refractivity contribution in [3.05, 3.63) is 35.9 Å². The molecule has 1 aromatic rings. The zero-order valence-corrected chi connectivity index (χ0v) is 15.8. The van der Waals surface area contributed by atoms with Gasteiger partial charge in [-0.15, -0.1) is 0 Å². The lowest BCUT2D eigenvalue weighted by Crippen LogP contribution is -2.66. The summed E-state index contributed by atoms with van der Waals surface area (Å²) in [6.07, 6.45) is -0.299. The predicted molar refractivity (Wildman–Crippen MR) is 97.0 cm³/mol. The van der Waals surface area contributed by atoms with E-state index in [1.54, 1.807) is 12.0 Å². The Bertz CT molecular complexity index is 588. The van der Waals surface area contributed by atoms with Gasteiger partial charge in [-0.3, -0.25) is 4.90 Å². The summed E-state index contributed by atoms with van der Waals surface area (Å²) in [6, 6.07) is 9.20. The third-order valence-electron chi connectivity index (χ3n) is 4.69. The van der Waals surface area contributed by atoms with E-state index < -0.39 is 24.6 Å². The van der Waals surface area contributed by atoms with Crippen molar-refractivity contribution in [2.75, 3.05) is 39.7 Å². The highest BCUT2D eigenvalue weighted by Crippen LogP contribution is 2.36. The number of rotatable bonds is 5. The minimum absolute atomic E-state index is 0.152. The third-order valence-corrected chi connectivity index (χ3v) is 5.73. The van der Waals surface area contributed by atoms with Crippen LogP contribution in [0.3, 0.4) is 0 Å². The van der Waals surface area contributed by atoms with Gasteiger partial charge in [-0.25, -0.2) is 4.79 Å². The van der Waals surface area contributed by atoms with Crippen molar-refractivity contribution in [1.82, 2.24) is 4.90 Å². The van der Waals surface area contributed by atoms with Crippen molar-refractivity contribution in [2.24, 2.45) is 0 Å². The first-order valence-corrected chi connectivity index (χ1v) is 9.89. The molecule has 2 aliphatic heterocycles. The molecule has 0 spiro atoms. The molecule has 1 N–H and O–H groups in total. The number of aliphatic hydroxyl groups excluding tert-OH is 1. The molecule has 8 heteroatoms. The highest BCUT2D eigenvalue weighted by Gasteiger charge is 2.49. The quantitative estimate of drug-likeness (QED) is 0.775. The number of hydrogen-bond acceptors (Lipinski definition) is 7. The predicted octanol–water partition coefficient (Wildman–Crippen LogP) is 1.66. The maximum atomic E-state index is 12.5. The fourth-order valence-corrected chi connectivity index (χ4v) is 4.03. The van der Waals surface area contributed by atoms with Gasteiger partial charge in [0.25, 0.3) is 0 Å². The zero-order chi connectivity index (χ0) is 18.5. The summed E-state index contributed by atoms with van der Waals surface area (Å²) in [7, 11) is 1.55. The van der Waals surface area contributed by atoms with Crippen LogP contribution in [-0.4, -0.2) is 79.3 Å². The van der Waals surface area contributed by atoms with E-state index in [4.69, 9.17) is 18.9 Å². The number of amides is 1. The number of fused-ring (bicyclic) bond motifs is 1. The maximum absolute atomic E-state index is 12.5. The number of aliphatic hydroxyl groups is 1. The second-order valence-electron chi connectivity index (χ2n) is 6.27. The van der Waals surface area contributed by atoms with Crippen molar-refractivity contribution in [3.63, 3.8) is 0 Å². The Morgan fingerprint density at radius 3 is 2.81 bits per heavy atom. The lowest BCUT2D eigenvalue weighted by atomic mass is 9.95. The van der Waals surface area contributed by atoms with Crippen molar-refractivity contribution in [3.8, 4) is 0 Å². The Morgan fingerprint density at radius 1 is 1.35 bits per heavy atom. The average molecular weight is 383 g/mol. The van der Waals surface area contributed by atoms with Crippen LogP contribution in [0.1, 0.15) is 11.9 Å². The van der Waals surface area contributed by atoms with Gasteiger partial charge in [0.1, 0.15) is 12.7 Å². The molecule has 3 rings (SSSR count). The Kier molecular flexibility index (Phi) is 6.77. The second kappa shape index (κ2) is 9.05. The molecular formula is C18H25NO6S. The Hall–Kier alpha value is -1.32. The SMILES string of the molecule is COCCOC(=O)N1C[C@H](SC)[C@@H](O)[C@@H]2O[C@H](c3ccccc3)OC[C@H]21. The summed E-state index contributed by atoms with van der Waals surface area (Å²) in [5, 5.41) is 10.6. The van der Waals surface area contributed by atoms with Crippen LogP contribution in [0.25, 0.3) is 0 Å². The van der Waals surface area contributed by atoms with Gasteiger partial charge in [0, 0.05) is 19.2 Å². The van der Waals surface area contributed by atoms with Gasteiger partial charge in [-0.1, -0.05) is 30.3 Å². The summed E-state index contributed by atoms with van der Waals surface area (Å²) < 4.78 is 22.1. The fraction of sp³-hybridized carbons (Fsp3) is 0.611. The first-order valence-electron chi connectivity index (χ1n) is 8.61. The molecule has 2 heterocycles. The van der Waals surface area contributed by atoms with Crippen LogP contribution in [0.2, 0.25) is 0 Å². The summed E-state index contributed by atoms with van der Waals surface area (Å²) in [4.78, 5) is 14.1. The smallest absolute Gasteiger partial charge is 0.410 e. The van der Waals surface area contributed by atoms with E-state index in [1.807, 2.05) is 36.6 Å². The molecule has 0 bridgehead atoms. The largest absolute Gasteiger partial charge is 0.447 e. The Balaban J connectivity index is 1.74. The fourth-order valence-electron chi connectivity index (χ4n) is 3.28. The highest BCUT2D eigenvalue weighted by atomic mass is 32.2. The van der Waals surface area contributed by atoms with Crippen LogP contribution in [0.5, 0.6) is 0 Å². The molecule has 1 amide bonds. The van der Waals surface area contributed by atoms with Crippen LogP contribution in [0.4, 0.5) is 4.79 Å². The molecule has 2 aliphatic rings. The van der Waals surface area contributed by atoms with Gasteiger partial charge in [0.2, 0.25) is 0 Å². The van der Waals surface area contributed by atoms with Gasteiger partial charge in [-0.2, -0.15) is 11.8 Å². The number of nitrogens with zero attached hydrogens (tertiary/aromatic N) is 1. The lowest BCUT2D eigenvalue weighted by molar-refractivity contribution is -0.269. The van der Waals surface area contributed by atoms with E-state index in [2.05, 4.69) is 0 Å². The molecule has 5 atom stereocenters. The van der Waals surface area contributed by atoms with Gasteiger partial charge >= 0.3 is 6.09 Å². The maximum Gasteiger partial charge on any atom is 0.410 e. The van der Waals surface area contributed by atoms with Gasteiger partial charge in [0.15, 0.2) is 6.29 Å². The third kappa shape index (κ3) is 4.15. The number of methoxy groups -OCH3 is 1. The summed E-state index contributed by atoms with van der Waals surface area (Å²) >= 11 is 1.51. The Morgan fingerprint density at radius 2 is 2.12 bits per heavy atom. The molecule has 1 aromatic carbocycles. The Labute approximate surface area is 157 Å². The summed E-state index contributed by atoms with van der Waals surface area (Å²) in [5.41, 5.74) is 0.888. The number of likely N-dealkylation sites (tertiary alicyclic amines) is 1. The van der Waals surface area contributed by atoms with Gasteiger partial charge in [0.05, 0.1) is 30.6 Å². The number of piperidine rings is 1. The van der Waals surface area contributed by atoms with Crippen LogP contribution >= 0.6 is 11.8 Å². The van der Waals surface area contributed by atoms with Crippen LogP contribution in [-0.2, 0) is 18.9 Å². The van der Waals surface area contributed by atoms with Crippen molar-refractivity contribution >= 4 is 17.9 Å². The van der Waals surface area contributed by atoms with Crippen LogP contribution in [0.15, 0.2) is 30.3 Å². The molecule has 26 heavy (non-hydrogen) atoms. The van der Waals surface area contributed by atoms with Crippen molar-refractivity contribution < 1.29 is 28.8 Å². The standard InChI is InChI=1S/C18H25NO6S/c1-22-8-9-23-18(21)19-10-14(26-2)15(20)16-13(19)11-24-17(25-16)12-6-4-3-5-7-12/h3-7,13-17,20H,8-11H2,1-2H3/t13-,14+,15-,16-,17-/m1/s1. The van der Waals surface area contributed by atoms with Crippen molar-refractivity contribution in [2.45, 2.75) is 29.8 Å². The molecule has 0 saturated carbocycles. The highest BCUT2D eigenvalue weighted by molar-refractivity contribution is 7.99. The molecule has 2 saturated heterocycles. The van der Waals surface area contributed by atoms with Gasteiger partial charge in [-0.05, 0) is 6.26 Å². The van der Waals surface area contributed by atoms with E-state index in [9.17, 15) is 9.90 Å². The number of carbonyl (C=O) groups excluding carboxylic acids is 1. The number of benzene rings is 1. The van der Waals surface area contributed by atoms with E-state index in [-0.39, 0.29) is 24.5 Å². The van der Waals surface area contributed by atoms with Crippen molar-refractivity contribution in [1.29, 1.82) is 0 Å². The van der Waals surface area contributed by atoms with Gasteiger partial charge < -0.3 is 24.1 Å². The molecule has 0 radical (unpaired) electrons. The monoisotopic (exact) mass is 383 g/mol. The molecule has 0 aliphatic carbocycles. The minimum Gasteiger partial charge on any atom is -0.447 e. The molecule has 144 valence electrons. The van der Waals surface area contributed by atoms with E-state index >= 15 is 0 Å². The zero-order valence-electron chi connectivity index (χ0n) is 14.9. The van der Waals surface area contributed by atoms with E-state index in [0.29, 0.717) is 13.2 Å². The molecule has 0 unspecified atom stereocenters. The van der Waals surface area contributed by atoms with Crippen LogP contribution in [0, 0.1) is 0 Å². The average Bonchev–Trinajstić information content (AvgIpc) is 2.69. The molecule has 0 aromatic heterocycles. The summed E-state index contributed by atoms with van der Waals surface area (Å²) in [5.74, 6) is 0. The van der Waals surface area contributed by atoms with Crippen LogP contribution < -0.4 is 0 Å². The van der Waals surface area contributed by atoms with E-state index in [1.165, 1.54) is 11.8 Å². The second-order valence-corrected chi connectivity index (χ2v) is 7.35. The first-order chi connectivity index (χ1) is 12.7. The molecule has 7 nitrogen and oxygen atoms in total. The number of hydrogen-bond donors (Lipinski definition) is 1. The number of carbonyl (C=O) groups is 1. The number of thioether (sulfide) groups is 1. The molecule has 2 fully saturated rings. The molecular weight excluding hydrogens is 358 g/mol.